The Morgan fingerprint density at radius 1 is 1.20 bits per heavy atom. The Kier molecular flexibility index (Phi) is 8.22. The molecule has 0 bridgehead atoms. The molecular weight excluding hydrogens is 319 g/mol. The van der Waals surface area contributed by atoms with Gasteiger partial charge in [0.1, 0.15) is 12.4 Å². The monoisotopic (exact) mass is 348 g/mol. The second kappa shape index (κ2) is 10.7. The van der Waals surface area contributed by atoms with Crippen molar-refractivity contribution in [1.29, 1.82) is 0 Å². The molecule has 5 nitrogen and oxygen atoms in total. The first kappa shape index (κ1) is 19.2. The summed E-state index contributed by atoms with van der Waals surface area (Å²) in [4.78, 5) is 16.4. The molecule has 0 aliphatic heterocycles. The minimum atomic E-state index is -0.196. The van der Waals surface area contributed by atoms with Crippen molar-refractivity contribution in [2.24, 2.45) is 4.99 Å². The number of nitrogens with zero attached hydrogens (tertiary/aromatic N) is 1. The lowest BCUT2D eigenvalue weighted by atomic mass is 9.95. The number of aliphatic imine (C=N–C) groups is 1. The van der Waals surface area contributed by atoms with Crippen molar-refractivity contribution in [3.8, 4) is 0 Å². The number of benzene rings is 1. The first-order valence-electron chi connectivity index (χ1n) is 9.24. The van der Waals surface area contributed by atoms with E-state index in [0.29, 0.717) is 37.1 Å². The van der Waals surface area contributed by atoms with Crippen molar-refractivity contribution in [3.63, 3.8) is 0 Å². The summed E-state index contributed by atoms with van der Waals surface area (Å²) in [6, 6.07) is 7.05. The lowest BCUT2D eigenvalue weighted by Gasteiger charge is -2.22. The van der Waals surface area contributed by atoms with Crippen molar-refractivity contribution in [2.45, 2.75) is 51.5 Å². The van der Waals surface area contributed by atoms with E-state index in [2.05, 4.69) is 20.9 Å². The molecule has 1 amide bonds. The van der Waals surface area contributed by atoms with Crippen LogP contribution in [-0.4, -0.2) is 37.5 Å². The smallest absolute Gasteiger partial charge is 0.242 e. The fourth-order valence-corrected chi connectivity index (χ4v) is 3.03. The standard InChI is InChI=1S/C19H29FN4O/c1-2-21-19(22-13-12-15-8-6-7-11-17(15)20)23-14-18(25)24-16-9-4-3-5-10-16/h6-8,11,16H,2-5,9-10,12-14H2,1H3,(H,24,25)(H2,21,22,23). The first-order chi connectivity index (χ1) is 12.2. The normalized spacial score (nSPS) is 15.7. The van der Waals surface area contributed by atoms with Crippen LogP contribution in [0.25, 0.3) is 0 Å². The van der Waals surface area contributed by atoms with Gasteiger partial charge in [-0.15, -0.1) is 0 Å². The molecule has 1 aromatic rings. The number of hydrogen-bond acceptors (Lipinski definition) is 2. The summed E-state index contributed by atoms with van der Waals surface area (Å²) in [6.45, 7) is 3.33. The van der Waals surface area contributed by atoms with Crippen molar-refractivity contribution >= 4 is 11.9 Å². The molecule has 6 heteroatoms. The number of halogens is 1. The molecule has 25 heavy (non-hydrogen) atoms. The Morgan fingerprint density at radius 2 is 1.96 bits per heavy atom. The van der Waals surface area contributed by atoms with E-state index in [9.17, 15) is 9.18 Å². The lowest BCUT2D eigenvalue weighted by molar-refractivity contribution is -0.120. The van der Waals surface area contributed by atoms with Crippen molar-refractivity contribution < 1.29 is 9.18 Å². The van der Waals surface area contributed by atoms with Gasteiger partial charge in [0.2, 0.25) is 5.91 Å². The zero-order chi connectivity index (χ0) is 17.9. The minimum absolute atomic E-state index is 0.0433. The van der Waals surface area contributed by atoms with Gasteiger partial charge in [-0.3, -0.25) is 4.79 Å². The molecule has 0 radical (unpaired) electrons. The van der Waals surface area contributed by atoms with E-state index >= 15 is 0 Å². The Labute approximate surface area is 149 Å². The molecule has 0 heterocycles. The van der Waals surface area contributed by atoms with Crippen LogP contribution in [0.2, 0.25) is 0 Å². The highest BCUT2D eigenvalue weighted by molar-refractivity contribution is 5.85. The van der Waals surface area contributed by atoms with E-state index in [1.165, 1.54) is 25.3 Å². The number of carbonyl (C=O) groups excluding carboxylic acids is 1. The van der Waals surface area contributed by atoms with E-state index < -0.39 is 0 Å². The quantitative estimate of drug-likeness (QED) is 0.524. The molecule has 2 rings (SSSR count). The summed E-state index contributed by atoms with van der Waals surface area (Å²) in [5.41, 5.74) is 0.667. The van der Waals surface area contributed by atoms with E-state index in [-0.39, 0.29) is 18.3 Å². The summed E-state index contributed by atoms with van der Waals surface area (Å²) in [6.07, 6.45) is 6.34. The maximum absolute atomic E-state index is 13.6. The molecular formula is C19H29FN4O. The van der Waals surface area contributed by atoms with Crippen LogP contribution >= 0.6 is 0 Å². The second-order valence-corrected chi connectivity index (χ2v) is 6.37. The number of guanidine groups is 1. The zero-order valence-electron chi connectivity index (χ0n) is 15.0. The van der Waals surface area contributed by atoms with Gasteiger partial charge < -0.3 is 16.0 Å². The number of carbonyl (C=O) groups is 1. The van der Waals surface area contributed by atoms with Crippen LogP contribution in [0.5, 0.6) is 0 Å². The fraction of sp³-hybridized carbons (Fsp3) is 0.579. The van der Waals surface area contributed by atoms with E-state index in [1.54, 1.807) is 12.1 Å². The topological polar surface area (TPSA) is 65.5 Å². The zero-order valence-corrected chi connectivity index (χ0v) is 15.0. The largest absolute Gasteiger partial charge is 0.357 e. The summed E-state index contributed by atoms with van der Waals surface area (Å²) < 4.78 is 13.6. The van der Waals surface area contributed by atoms with Crippen molar-refractivity contribution in [3.05, 3.63) is 35.6 Å². The Morgan fingerprint density at radius 3 is 2.68 bits per heavy atom. The molecule has 0 atom stereocenters. The lowest BCUT2D eigenvalue weighted by Crippen LogP contribution is -2.41. The summed E-state index contributed by atoms with van der Waals surface area (Å²) in [5.74, 6) is 0.342. The molecule has 0 saturated heterocycles. The SMILES string of the molecule is CCNC(=NCC(=O)NC1CCCCC1)NCCc1ccccc1F. The van der Waals surface area contributed by atoms with Gasteiger partial charge in [0.05, 0.1) is 0 Å². The van der Waals surface area contributed by atoms with Crippen LogP contribution in [-0.2, 0) is 11.2 Å². The predicted octanol–water partition coefficient (Wildman–Crippen LogP) is 2.37. The Bertz CT molecular complexity index is 570. The molecule has 3 N–H and O–H groups in total. The van der Waals surface area contributed by atoms with Crippen molar-refractivity contribution in [1.82, 2.24) is 16.0 Å². The van der Waals surface area contributed by atoms with Crippen LogP contribution in [0, 0.1) is 5.82 Å². The third-order valence-corrected chi connectivity index (χ3v) is 4.34. The molecule has 1 fully saturated rings. The highest BCUT2D eigenvalue weighted by Crippen LogP contribution is 2.17. The maximum atomic E-state index is 13.6. The van der Waals surface area contributed by atoms with Crippen LogP contribution in [0.3, 0.4) is 0 Å². The molecule has 0 aromatic heterocycles. The predicted molar refractivity (Wildman–Crippen MR) is 99.1 cm³/mol. The van der Waals surface area contributed by atoms with Crippen LogP contribution < -0.4 is 16.0 Å². The number of hydrogen-bond donors (Lipinski definition) is 3. The summed E-state index contributed by atoms with van der Waals surface area (Å²) >= 11 is 0. The fourth-order valence-electron chi connectivity index (χ4n) is 3.03. The second-order valence-electron chi connectivity index (χ2n) is 6.37. The molecule has 1 saturated carbocycles. The van der Waals surface area contributed by atoms with E-state index in [0.717, 1.165) is 12.8 Å². The average Bonchev–Trinajstić information content (AvgIpc) is 2.62. The molecule has 1 aliphatic rings. The van der Waals surface area contributed by atoms with Gasteiger partial charge in [-0.2, -0.15) is 0 Å². The van der Waals surface area contributed by atoms with Gasteiger partial charge in [-0.1, -0.05) is 37.5 Å². The average molecular weight is 348 g/mol. The van der Waals surface area contributed by atoms with Crippen LogP contribution in [0.1, 0.15) is 44.6 Å². The first-order valence-corrected chi connectivity index (χ1v) is 9.24. The van der Waals surface area contributed by atoms with Gasteiger partial charge in [0.15, 0.2) is 5.96 Å². The Balaban J connectivity index is 1.77. The summed E-state index contributed by atoms with van der Waals surface area (Å²) in [5, 5.41) is 9.31. The van der Waals surface area contributed by atoms with Gasteiger partial charge >= 0.3 is 0 Å². The number of rotatable bonds is 7. The minimum Gasteiger partial charge on any atom is -0.357 e. The van der Waals surface area contributed by atoms with E-state index in [1.807, 2.05) is 13.0 Å². The third-order valence-electron chi connectivity index (χ3n) is 4.34. The Hall–Kier alpha value is -2.11. The van der Waals surface area contributed by atoms with Gasteiger partial charge in [0.25, 0.3) is 0 Å². The van der Waals surface area contributed by atoms with Crippen molar-refractivity contribution in [2.75, 3.05) is 19.6 Å². The third kappa shape index (κ3) is 7.11. The molecule has 0 unspecified atom stereocenters. The highest BCUT2D eigenvalue weighted by Gasteiger charge is 2.15. The van der Waals surface area contributed by atoms with Crippen LogP contribution in [0.4, 0.5) is 4.39 Å². The van der Waals surface area contributed by atoms with Gasteiger partial charge in [-0.25, -0.2) is 9.38 Å². The molecule has 1 aromatic carbocycles. The van der Waals surface area contributed by atoms with E-state index in [4.69, 9.17) is 0 Å². The van der Waals surface area contributed by atoms with Gasteiger partial charge in [-0.05, 0) is 37.8 Å². The summed E-state index contributed by atoms with van der Waals surface area (Å²) in [7, 11) is 0. The maximum Gasteiger partial charge on any atom is 0.242 e. The number of nitrogens with one attached hydrogen (secondary N) is 3. The highest BCUT2D eigenvalue weighted by atomic mass is 19.1. The number of amides is 1. The molecule has 0 spiro atoms. The van der Waals surface area contributed by atoms with Gasteiger partial charge in [0, 0.05) is 19.1 Å². The molecule has 138 valence electrons. The molecule has 1 aliphatic carbocycles. The van der Waals surface area contributed by atoms with Crippen LogP contribution in [0.15, 0.2) is 29.3 Å².